The first-order chi connectivity index (χ1) is 11.9. The van der Waals surface area contributed by atoms with Gasteiger partial charge in [0.25, 0.3) is 0 Å². The van der Waals surface area contributed by atoms with Gasteiger partial charge in [-0.1, -0.05) is 70.1 Å². The average molecular weight is 323 g/mol. The van der Waals surface area contributed by atoms with Gasteiger partial charge in [-0.15, -0.1) is 0 Å². The largest absolute Gasteiger partial charge is 0.494 e. The Labute approximate surface area is 145 Å². The number of nitrogens with one attached hydrogen (secondary N) is 1. The number of H-pyrrole nitrogens is 1. The summed E-state index contributed by atoms with van der Waals surface area (Å²) in [5, 5.41) is 2.52. The summed E-state index contributed by atoms with van der Waals surface area (Å²) in [4.78, 5) is 3.45. The van der Waals surface area contributed by atoms with Crippen LogP contribution in [0.2, 0.25) is 0 Å². The van der Waals surface area contributed by atoms with E-state index < -0.39 is 0 Å². The molecular formula is C22H29NO. The van der Waals surface area contributed by atoms with Crippen LogP contribution in [0.1, 0.15) is 58.3 Å². The van der Waals surface area contributed by atoms with Gasteiger partial charge >= 0.3 is 0 Å². The van der Waals surface area contributed by atoms with Crippen molar-refractivity contribution >= 4 is 21.8 Å². The lowest BCUT2D eigenvalue weighted by Gasteiger charge is -2.06. The Bertz CT molecular complexity index is 759. The molecule has 0 unspecified atom stereocenters. The van der Waals surface area contributed by atoms with Gasteiger partial charge in [0.15, 0.2) is 0 Å². The Morgan fingerprint density at radius 2 is 1.46 bits per heavy atom. The highest BCUT2D eigenvalue weighted by Crippen LogP contribution is 2.28. The summed E-state index contributed by atoms with van der Waals surface area (Å²) < 4.78 is 5.96. The van der Waals surface area contributed by atoms with Crippen LogP contribution in [-0.4, -0.2) is 11.6 Å². The molecule has 0 spiro atoms. The monoisotopic (exact) mass is 323 g/mol. The Balaban J connectivity index is 1.45. The van der Waals surface area contributed by atoms with Crippen molar-refractivity contribution in [3.63, 3.8) is 0 Å². The molecule has 2 aromatic carbocycles. The summed E-state index contributed by atoms with van der Waals surface area (Å²) in [6, 6.07) is 14.8. The molecule has 1 N–H and O–H groups in total. The van der Waals surface area contributed by atoms with Crippen molar-refractivity contribution < 1.29 is 4.74 Å². The number of ether oxygens (including phenoxy) is 1. The molecule has 1 aromatic heterocycles. The van der Waals surface area contributed by atoms with Gasteiger partial charge in [0.1, 0.15) is 5.75 Å². The Morgan fingerprint density at radius 3 is 2.29 bits per heavy atom. The van der Waals surface area contributed by atoms with E-state index in [1.165, 1.54) is 66.8 Å². The molecule has 3 rings (SSSR count). The molecule has 1 heterocycles. The van der Waals surface area contributed by atoms with Crippen LogP contribution in [0.15, 0.2) is 42.5 Å². The molecule has 0 fully saturated rings. The lowest BCUT2D eigenvalue weighted by Crippen LogP contribution is -1.97. The predicted octanol–water partition coefficient (Wildman–Crippen LogP) is 6.84. The number of benzene rings is 2. The molecular weight excluding hydrogens is 294 g/mol. The summed E-state index contributed by atoms with van der Waals surface area (Å²) in [5.74, 6) is 0.982. The maximum atomic E-state index is 5.96. The number of hydrogen-bond donors (Lipinski definition) is 1. The zero-order valence-corrected chi connectivity index (χ0v) is 14.8. The van der Waals surface area contributed by atoms with E-state index in [0.717, 1.165) is 18.8 Å². The molecule has 0 atom stereocenters. The molecule has 2 nitrogen and oxygen atoms in total. The van der Waals surface area contributed by atoms with E-state index in [1.54, 1.807) is 0 Å². The van der Waals surface area contributed by atoms with E-state index in [9.17, 15) is 0 Å². The van der Waals surface area contributed by atoms with E-state index in [-0.39, 0.29) is 0 Å². The van der Waals surface area contributed by atoms with Gasteiger partial charge in [-0.3, -0.25) is 0 Å². The van der Waals surface area contributed by atoms with Crippen LogP contribution in [0.25, 0.3) is 21.8 Å². The first-order valence-electron chi connectivity index (χ1n) is 9.52. The van der Waals surface area contributed by atoms with Crippen molar-refractivity contribution in [1.82, 2.24) is 4.98 Å². The fraction of sp³-hybridized carbons (Fsp3) is 0.455. The minimum atomic E-state index is 0.822. The van der Waals surface area contributed by atoms with E-state index in [0.29, 0.717) is 0 Å². The second-order valence-corrected chi connectivity index (χ2v) is 6.70. The normalized spacial score (nSPS) is 11.4. The molecule has 0 bridgehead atoms. The SMILES string of the molecule is CCCCCCCCCCOc1ccc2[nH]c3ccccc3c2c1. The second kappa shape index (κ2) is 8.77. The van der Waals surface area contributed by atoms with Gasteiger partial charge in [0.05, 0.1) is 6.61 Å². The van der Waals surface area contributed by atoms with Crippen molar-refractivity contribution in [3.05, 3.63) is 42.5 Å². The first-order valence-corrected chi connectivity index (χ1v) is 9.52. The third kappa shape index (κ3) is 4.31. The van der Waals surface area contributed by atoms with E-state index in [2.05, 4.69) is 54.4 Å². The first kappa shape index (κ1) is 16.9. The number of hydrogen-bond acceptors (Lipinski definition) is 1. The molecule has 0 aliphatic heterocycles. The zero-order valence-electron chi connectivity index (χ0n) is 14.8. The summed E-state index contributed by atoms with van der Waals surface area (Å²) in [6.07, 6.45) is 10.7. The van der Waals surface area contributed by atoms with Crippen molar-refractivity contribution in [2.75, 3.05) is 6.61 Å². The van der Waals surface area contributed by atoms with E-state index in [4.69, 9.17) is 4.74 Å². The van der Waals surface area contributed by atoms with Crippen LogP contribution >= 0.6 is 0 Å². The van der Waals surface area contributed by atoms with E-state index in [1.807, 2.05) is 0 Å². The Kier molecular flexibility index (Phi) is 6.17. The maximum Gasteiger partial charge on any atom is 0.120 e. The Morgan fingerprint density at radius 1 is 0.750 bits per heavy atom. The van der Waals surface area contributed by atoms with Crippen molar-refractivity contribution in [2.45, 2.75) is 58.3 Å². The van der Waals surface area contributed by atoms with Gasteiger partial charge in [0, 0.05) is 21.8 Å². The zero-order chi connectivity index (χ0) is 16.6. The molecule has 0 aliphatic rings. The fourth-order valence-corrected chi connectivity index (χ4v) is 3.34. The molecule has 0 radical (unpaired) electrons. The van der Waals surface area contributed by atoms with Gasteiger partial charge < -0.3 is 9.72 Å². The minimum Gasteiger partial charge on any atom is -0.494 e. The number of aromatic amines is 1. The van der Waals surface area contributed by atoms with Crippen LogP contribution in [0.3, 0.4) is 0 Å². The smallest absolute Gasteiger partial charge is 0.120 e. The average Bonchev–Trinajstić information content (AvgIpc) is 2.98. The van der Waals surface area contributed by atoms with Crippen LogP contribution in [-0.2, 0) is 0 Å². The second-order valence-electron chi connectivity index (χ2n) is 6.70. The van der Waals surface area contributed by atoms with Gasteiger partial charge in [-0.25, -0.2) is 0 Å². The van der Waals surface area contributed by atoms with Crippen LogP contribution in [0, 0.1) is 0 Å². The lowest BCUT2D eigenvalue weighted by molar-refractivity contribution is 0.304. The fourth-order valence-electron chi connectivity index (χ4n) is 3.34. The number of para-hydroxylation sites is 1. The number of unbranched alkanes of at least 4 members (excludes halogenated alkanes) is 7. The minimum absolute atomic E-state index is 0.822. The summed E-state index contributed by atoms with van der Waals surface area (Å²) in [7, 11) is 0. The third-order valence-electron chi connectivity index (χ3n) is 4.74. The summed E-state index contributed by atoms with van der Waals surface area (Å²) >= 11 is 0. The van der Waals surface area contributed by atoms with Crippen LogP contribution < -0.4 is 4.74 Å². The van der Waals surface area contributed by atoms with Gasteiger partial charge in [-0.2, -0.15) is 0 Å². The van der Waals surface area contributed by atoms with Gasteiger partial charge in [-0.05, 0) is 30.7 Å². The van der Waals surface area contributed by atoms with Crippen molar-refractivity contribution in [3.8, 4) is 5.75 Å². The molecule has 0 aliphatic carbocycles. The van der Waals surface area contributed by atoms with Gasteiger partial charge in [0.2, 0.25) is 0 Å². The molecule has 0 saturated heterocycles. The van der Waals surface area contributed by atoms with Crippen molar-refractivity contribution in [2.24, 2.45) is 0 Å². The van der Waals surface area contributed by atoms with E-state index >= 15 is 0 Å². The number of aromatic nitrogens is 1. The molecule has 2 heteroatoms. The quantitative estimate of drug-likeness (QED) is 0.406. The topological polar surface area (TPSA) is 25.0 Å². The Hall–Kier alpha value is -1.96. The number of rotatable bonds is 10. The summed E-state index contributed by atoms with van der Waals surface area (Å²) in [6.45, 7) is 3.09. The van der Waals surface area contributed by atoms with Crippen molar-refractivity contribution in [1.29, 1.82) is 0 Å². The van der Waals surface area contributed by atoms with Crippen LogP contribution in [0.5, 0.6) is 5.75 Å². The number of fused-ring (bicyclic) bond motifs is 3. The standard InChI is InChI=1S/C22H29NO/c1-2-3-4-5-6-7-8-11-16-24-18-14-15-22-20(17-18)19-12-9-10-13-21(19)23-22/h9-10,12-15,17,23H,2-8,11,16H2,1H3. The molecule has 3 aromatic rings. The third-order valence-corrected chi connectivity index (χ3v) is 4.74. The molecule has 0 saturated carbocycles. The maximum absolute atomic E-state index is 5.96. The highest BCUT2D eigenvalue weighted by molar-refractivity contribution is 6.07. The molecule has 0 amide bonds. The lowest BCUT2D eigenvalue weighted by atomic mass is 10.1. The highest BCUT2D eigenvalue weighted by Gasteiger charge is 2.04. The molecule has 24 heavy (non-hydrogen) atoms. The predicted molar refractivity (Wildman–Crippen MR) is 104 cm³/mol. The molecule has 128 valence electrons. The summed E-state index contributed by atoms with van der Waals surface area (Å²) in [5.41, 5.74) is 2.36. The van der Waals surface area contributed by atoms with Crippen LogP contribution in [0.4, 0.5) is 0 Å². The highest BCUT2D eigenvalue weighted by atomic mass is 16.5.